The highest BCUT2D eigenvalue weighted by Gasteiger charge is 2.75. The molecule has 226 valence electrons. The van der Waals surface area contributed by atoms with Crippen molar-refractivity contribution in [2.24, 2.45) is 10.8 Å². The second-order valence-electron chi connectivity index (χ2n) is 11.2. The zero-order valence-electron chi connectivity index (χ0n) is 24.6. The molecule has 44 heavy (non-hydrogen) atoms. The molecule has 2 fully saturated rings. The Balaban J connectivity index is 1.66. The van der Waals surface area contributed by atoms with Crippen LogP contribution >= 0.6 is 0 Å². The number of esters is 2. The van der Waals surface area contributed by atoms with Crippen molar-refractivity contribution in [1.29, 1.82) is 0 Å². The minimum Gasteiger partial charge on any atom is -0.468 e. The quantitative estimate of drug-likeness (QED) is 0.302. The van der Waals surface area contributed by atoms with Crippen molar-refractivity contribution in [2.75, 3.05) is 27.3 Å². The maximum atomic E-state index is 14.3. The molecule has 1 N–H and O–H groups in total. The van der Waals surface area contributed by atoms with Crippen molar-refractivity contribution in [2.45, 2.75) is 31.3 Å². The van der Waals surface area contributed by atoms with Crippen LogP contribution in [0.25, 0.3) is 0 Å². The Morgan fingerprint density at radius 3 is 1.52 bits per heavy atom. The number of methoxy groups -OCH3 is 2. The predicted octanol–water partition coefficient (Wildman–Crippen LogP) is 2.76. The monoisotopic (exact) mass is 594 g/mol. The summed E-state index contributed by atoms with van der Waals surface area (Å²) in [6.07, 6.45) is 5.16. The predicted molar refractivity (Wildman–Crippen MR) is 158 cm³/mol. The van der Waals surface area contributed by atoms with E-state index in [4.69, 9.17) is 19.4 Å². The number of fused-ring (bicyclic) bond motifs is 2. The van der Waals surface area contributed by atoms with Crippen molar-refractivity contribution in [3.63, 3.8) is 0 Å². The van der Waals surface area contributed by atoms with Crippen molar-refractivity contribution < 1.29 is 24.2 Å². The summed E-state index contributed by atoms with van der Waals surface area (Å²) in [4.78, 5) is 51.2. The third kappa shape index (κ3) is 4.83. The summed E-state index contributed by atoms with van der Waals surface area (Å²) in [6, 6.07) is 20.4. The SMILES string of the molecule is COC(=O)C12CN(Cc3ccccn3)CC(C(=O)OC)(C(c3ccccn3)N(Cc3ccccn3)C1c1ccccn1)C2O. The molecular formula is C33H34N6O5. The fourth-order valence-corrected chi connectivity index (χ4v) is 7.23. The summed E-state index contributed by atoms with van der Waals surface area (Å²) < 4.78 is 11.0. The van der Waals surface area contributed by atoms with Crippen LogP contribution in [0.2, 0.25) is 0 Å². The van der Waals surface area contributed by atoms with E-state index < -0.39 is 41.0 Å². The summed E-state index contributed by atoms with van der Waals surface area (Å²) in [5.41, 5.74) is -0.835. The molecule has 0 aliphatic carbocycles. The highest BCUT2D eigenvalue weighted by molar-refractivity contribution is 5.86. The Morgan fingerprint density at radius 1 is 0.705 bits per heavy atom. The Bertz CT molecular complexity index is 1500. The summed E-state index contributed by atoms with van der Waals surface area (Å²) in [7, 11) is 2.59. The number of pyridine rings is 4. The Kier molecular flexibility index (Phi) is 8.17. The summed E-state index contributed by atoms with van der Waals surface area (Å²) in [6.45, 7) is 0.652. The van der Waals surface area contributed by atoms with E-state index in [1.54, 1.807) is 36.9 Å². The third-order valence-corrected chi connectivity index (χ3v) is 8.83. The van der Waals surface area contributed by atoms with Gasteiger partial charge in [0.15, 0.2) is 0 Å². The van der Waals surface area contributed by atoms with Crippen LogP contribution in [0.3, 0.4) is 0 Å². The fraction of sp³-hybridized carbons (Fsp3) is 0.333. The van der Waals surface area contributed by atoms with Crippen molar-refractivity contribution in [3.05, 3.63) is 120 Å². The van der Waals surface area contributed by atoms with E-state index in [-0.39, 0.29) is 19.6 Å². The first kappa shape index (κ1) is 29.5. The first-order chi connectivity index (χ1) is 21.5. The van der Waals surface area contributed by atoms with Crippen LogP contribution in [0.4, 0.5) is 0 Å². The lowest BCUT2D eigenvalue weighted by atomic mass is 9.53. The first-order valence-electron chi connectivity index (χ1n) is 14.4. The molecule has 4 aromatic heterocycles. The molecule has 2 bridgehead atoms. The van der Waals surface area contributed by atoms with Crippen LogP contribution in [0.5, 0.6) is 0 Å². The molecule has 2 aliphatic heterocycles. The lowest BCUT2D eigenvalue weighted by Gasteiger charge is -2.65. The maximum Gasteiger partial charge on any atom is 0.317 e. The number of ether oxygens (including phenoxy) is 2. The van der Waals surface area contributed by atoms with Crippen molar-refractivity contribution in [1.82, 2.24) is 29.7 Å². The number of hydrogen-bond donors (Lipinski definition) is 1. The zero-order valence-corrected chi connectivity index (χ0v) is 24.6. The second-order valence-corrected chi connectivity index (χ2v) is 11.2. The normalized spacial score (nSPS) is 26.9. The Hall–Kier alpha value is -4.58. The number of rotatable bonds is 8. The zero-order chi connectivity index (χ0) is 30.7. The van der Waals surface area contributed by atoms with Gasteiger partial charge in [0.1, 0.15) is 10.8 Å². The highest BCUT2D eigenvalue weighted by Crippen LogP contribution is 2.63. The maximum absolute atomic E-state index is 14.3. The van der Waals surface area contributed by atoms with Gasteiger partial charge in [-0.2, -0.15) is 0 Å². The summed E-state index contributed by atoms with van der Waals surface area (Å²) in [5, 5.41) is 12.7. The first-order valence-corrected chi connectivity index (χ1v) is 14.4. The molecule has 6 rings (SSSR count). The molecule has 0 amide bonds. The molecule has 6 heterocycles. The van der Waals surface area contributed by atoms with Crippen LogP contribution in [-0.4, -0.2) is 80.2 Å². The number of nitrogens with zero attached hydrogens (tertiary/aromatic N) is 6. The minimum atomic E-state index is -1.68. The number of carbonyl (C=O) groups excluding carboxylic acids is 2. The van der Waals surface area contributed by atoms with Gasteiger partial charge in [0, 0.05) is 51.0 Å². The third-order valence-electron chi connectivity index (χ3n) is 8.83. The molecule has 0 aromatic carbocycles. The number of piperidine rings is 2. The van der Waals surface area contributed by atoms with E-state index in [0.29, 0.717) is 23.6 Å². The van der Waals surface area contributed by atoms with Gasteiger partial charge in [0.25, 0.3) is 0 Å². The molecular weight excluding hydrogens is 560 g/mol. The second kappa shape index (κ2) is 12.2. The molecule has 11 nitrogen and oxygen atoms in total. The molecule has 4 unspecified atom stereocenters. The molecule has 4 aromatic rings. The number of hydrogen-bond acceptors (Lipinski definition) is 11. The van der Waals surface area contributed by atoms with Gasteiger partial charge in [-0.05, 0) is 48.5 Å². The van der Waals surface area contributed by atoms with Gasteiger partial charge >= 0.3 is 11.9 Å². The van der Waals surface area contributed by atoms with E-state index in [9.17, 15) is 14.7 Å². The van der Waals surface area contributed by atoms with E-state index in [1.807, 2.05) is 70.5 Å². The summed E-state index contributed by atoms with van der Waals surface area (Å²) >= 11 is 0. The lowest BCUT2D eigenvalue weighted by Crippen LogP contribution is -2.77. The Morgan fingerprint density at radius 2 is 1.14 bits per heavy atom. The van der Waals surface area contributed by atoms with E-state index in [0.717, 1.165) is 5.69 Å². The largest absolute Gasteiger partial charge is 0.468 e. The summed E-state index contributed by atoms with van der Waals surface area (Å²) in [5.74, 6) is -1.32. The van der Waals surface area contributed by atoms with Crippen LogP contribution in [0.15, 0.2) is 97.6 Å². The van der Waals surface area contributed by atoms with Gasteiger partial charge in [-0.25, -0.2) is 0 Å². The van der Waals surface area contributed by atoms with Crippen molar-refractivity contribution in [3.8, 4) is 0 Å². The topological polar surface area (TPSA) is 131 Å². The number of likely N-dealkylation sites (tertiary alicyclic amines) is 2. The van der Waals surface area contributed by atoms with Gasteiger partial charge in [-0.15, -0.1) is 0 Å². The highest BCUT2D eigenvalue weighted by atomic mass is 16.5. The Labute approximate surface area is 255 Å². The molecule has 0 spiro atoms. The number of aromatic nitrogens is 4. The minimum absolute atomic E-state index is 0.0606. The average Bonchev–Trinajstić information content (AvgIpc) is 3.07. The van der Waals surface area contributed by atoms with Crippen LogP contribution in [0, 0.1) is 10.8 Å². The average molecular weight is 595 g/mol. The fourth-order valence-electron chi connectivity index (χ4n) is 7.23. The molecule has 0 radical (unpaired) electrons. The van der Waals surface area contributed by atoms with Gasteiger partial charge < -0.3 is 14.6 Å². The van der Waals surface area contributed by atoms with Gasteiger partial charge in [-0.3, -0.25) is 39.3 Å². The van der Waals surface area contributed by atoms with Gasteiger partial charge in [-0.1, -0.05) is 24.3 Å². The molecule has 11 heteroatoms. The van der Waals surface area contributed by atoms with Crippen LogP contribution in [0.1, 0.15) is 34.9 Å². The molecule has 4 atom stereocenters. The number of aliphatic hydroxyl groups is 1. The van der Waals surface area contributed by atoms with E-state index >= 15 is 0 Å². The standard InChI is InChI=1S/C33H34N6O5/c1-43-30(41)32-21-38(19-23-11-3-7-15-34-23)22-33(29(32)40,31(42)44-2)28(26-14-6-10-18-37-26)39(20-24-12-4-8-16-35-24)27(32)25-13-5-9-17-36-25/h3-18,27-29,40H,19-22H2,1-2H3. The number of aliphatic hydroxyl groups excluding tert-OH is 1. The van der Waals surface area contributed by atoms with Crippen molar-refractivity contribution >= 4 is 11.9 Å². The van der Waals surface area contributed by atoms with Gasteiger partial charge in [0.2, 0.25) is 0 Å². The van der Waals surface area contributed by atoms with E-state index in [2.05, 4.69) is 9.97 Å². The molecule has 2 aliphatic rings. The van der Waals surface area contributed by atoms with E-state index in [1.165, 1.54) is 14.2 Å². The molecule has 0 saturated carbocycles. The van der Waals surface area contributed by atoms with Crippen LogP contribution in [-0.2, 0) is 32.2 Å². The molecule has 2 saturated heterocycles. The smallest absolute Gasteiger partial charge is 0.317 e. The van der Waals surface area contributed by atoms with Crippen LogP contribution < -0.4 is 0 Å². The van der Waals surface area contributed by atoms with Gasteiger partial charge in [0.05, 0.1) is 55.2 Å². The lowest BCUT2D eigenvalue weighted by molar-refractivity contribution is -0.255. The number of carbonyl (C=O) groups is 2.